The van der Waals surface area contributed by atoms with E-state index in [1.165, 1.54) is 11.1 Å². The van der Waals surface area contributed by atoms with E-state index in [1.807, 2.05) is 35.8 Å². The van der Waals surface area contributed by atoms with Crippen LogP contribution in [0.1, 0.15) is 24.1 Å². The fraction of sp³-hybridized carbons (Fsp3) is 0.391. The lowest BCUT2D eigenvalue weighted by Gasteiger charge is -2.29. The quantitative estimate of drug-likeness (QED) is 0.651. The number of nitrogens with one attached hydrogen (secondary N) is 1. The summed E-state index contributed by atoms with van der Waals surface area (Å²) in [5.74, 6) is 1.53. The summed E-state index contributed by atoms with van der Waals surface area (Å²) >= 11 is 0. The molecule has 0 bridgehead atoms. The van der Waals surface area contributed by atoms with Crippen molar-refractivity contribution < 1.29 is 14.3 Å². The van der Waals surface area contributed by atoms with Gasteiger partial charge in [0, 0.05) is 26.2 Å². The zero-order valence-corrected chi connectivity index (χ0v) is 17.7. The van der Waals surface area contributed by atoms with Crippen molar-refractivity contribution in [2.24, 2.45) is 0 Å². The van der Waals surface area contributed by atoms with Crippen LogP contribution in [0, 0.1) is 0 Å². The summed E-state index contributed by atoms with van der Waals surface area (Å²) in [5, 5.41) is 3.07. The molecular weight excluding hydrogens is 380 g/mol. The van der Waals surface area contributed by atoms with Crippen LogP contribution in [-0.2, 0) is 17.8 Å². The first-order chi connectivity index (χ1) is 14.6. The number of carbonyl (C=O) groups is 1. The molecule has 7 heteroatoms. The summed E-state index contributed by atoms with van der Waals surface area (Å²) in [4.78, 5) is 19.4. The number of ether oxygens (including phenoxy) is 2. The van der Waals surface area contributed by atoms with Gasteiger partial charge in [-0.05, 0) is 48.7 Å². The first-order valence-corrected chi connectivity index (χ1v) is 10.3. The van der Waals surface area contributed by atoms with Gasteiger partial charge in [0.1, 0.15) is 6.04 Å². The van der Waals surface area contributed by atoms with Crippen LogP contribution in [0.3, 0.4) is 0 Å². The molecule has 0 saturated heterocycles. The van der Waals surface area contributed by atoms with Gasteiger partial charge in [-0.25, -0.2) is 4.98 Å². The minimum Gasteiger partial charge on any atom is -0.493 e. The number of amides is 1. The molecule has 3 aromatic rings. The van der Waals surface area contributed by atoms with Gasteiger partial charge >= 0.3 is 0 Å². The van der Waals surface area contributed by atoms with E-state index in [4.69, 9.17) is 9.47 Å². The Kier molecular flexibility index (Phi) is 5.90. The standard InChI is InChI=1S/C23H28N4O3/c1-16(27-15-25-19-6-4-5-7-20(19)27)23(28)24-9-11-26-10-8-17-12-21(29-2)22(30-3)13-18(17)14-26/h4-7,12-13,15-16H,8-11,14H2,1-3H3,(H,24,28). The fourth-order valence-electron chi connectivity index (χ4n) is 4.03. The Morgan fingerprint density at radius 1 is 1.17 bits per heavy atom. The number of hydrogen-bond donors (Lipinski definition) is 1. The maximum absolute atomic E-state index is 12.7. The van der Waals surface area contributed by atoms with Crippen LogP contribution in [0.2, 0.25) is 0 Å². The van der Waals surface area contributed by atoms with Crippen LogP contribution < -0.4 is 14.8 Å². The van der Waals surface area contributed by atoms with E-state index in [2.05, 4.69) is 27.3 Å². The molecule has 1 unspecified atom stereocenters. The van der Waals surface area contributed by atoms with E-state index in [1.54, 1.807) is 20.5 Å². The van der Waals surface area contributed by atoms with Gasteiger partial charge in [0.25, 0.3) is 0 Å². The number of rotatable bonds is 7. The van der Waals surface area contributed by atoms with Crippen molar-refractivity contribution in [2.75, 3.05) is 33.9 Å². The molecule has 0 aliphatic carbocycles. The fourth-order valence-corrected chi connectivity index (χ4v) is 4.03. The van der Waals surface area contributed by atoms with Crippen LogP contribution in [0.15, 0.2) is 42.7 Å². The molecule has 30 heavy (non-hydrogen) atoms. The first-order valence-electron chi connectivity index (χ1n) is 10.3. The molecule has 0 radical (unpaired) electrons. The summed E-state index contributed by atoms with van der Waals surface area (Å²) in [6, 6.07) is 11.7. The predicted octanol–water partition coefficient (Wildman–Crippen LogP) is 2.79. The van der Waals surface area contributed by atoms with Crippen molar-refractivity contribution in [3.05, 3.63) is 53.9 Å². The average molecular weight is 409 g/mol. The molecule has 1 N–H and O–H groups in total. The second kappa shape index (κ2) is 8.75. The Hall–Kier alpha value is -3.06. The molecule has 4 rings (SSSR count). The molecule has 2 aromatic carbocycles. The summed E-state index contributed by atoms with van der Waals surface area (Å²) in [5.41, 5.74) is 4.42. The van der Waals surface area contributed by atoms with Crippen molar-refractivity contribution in [3.8, 4) is 11.5 Å². The van der Waals surface area contributed by atoms with Gasteiger partial charge in [-0.15, -0.1) is 0 Å². The van der Waals surface area contributed by atoms with Crippen molar-refractivity contribution in [2.45, 2.75) is 25.9 Å². The van der Waals surface area contributed by atoms with Gasteiger partial charge in [0.2, 0.25) is 5.91 Å². The second-order valence-electron chi connectivity index (χ2n) is 7.61. The van der Waals surface area contributed by atoms with E-state index in [-0.39, 0.29) is 11.9 Å². The zero-order chi connectivity index (χ0) is 21.1. The molecule has 1 aromatic heterocycles. The lowest BCUT2D eigenvalue weighted by Crippen LogP contribution is -2.39. The molecule has 1 atom stereocenters. The minimum atomic E-state index is -0.309. The predicted molar refractivity (Wildman–Crippen MR) is 116 cm³/mol. The maximum Gasteiger partial charge on any atom is 0.242 e. The van der Waals surface area contributed by atoms with Crippen LogP contribution in [0.5, 0.6) is 11.5 Å². The highest BCUT2D eigenvalue weighted by atomic mass is 16.5. The number of carbonyl (C=O) groups excluding carboxylic acids is 1. The summed E-state index contributed by atoms with van der Waals surface area (Å²) < 4.78 is 12.8. The highest BCUT2D eigenvalue weighted by Crippen LogP contribution is 2.33. The molecule has 2 heterocycles. The van der Waals surface area contributed by atoms with E-state index < -0.39 is 0 Å². The van der Waals surface area contributed by atoms with Gasteiger partial charge in [-0.2, -0.15) is 0 Å². The second-order valence-corrected chi connectivity index (χ2v) is 7.61. The van der Waals surface area contributed by atoms with E-state index in [0.717, 1.165) is 48.6 Å². The number of benzene rings is 2. The molecule has 1 amide bonds. The van der Waals surface area contributed by atoms with Crippen molar-refractivity contribution in [1.82, 2.24) is 19.8 Å². The smallest absolute Gasteiger partial charge is 0.242 e. The topological polar surface area (TPSA) is 68.6 Å². The van der Waals surface area contributed by atoms with Crippen LogP contribution in [0.4, 0.5) is 0 Å². The third-order valence-electron chi connectivity index (χ3n) is 5.80. The Balaban J connectivity index is 1.33. The summed E-state index contributed by atoms with van der Waals surface area (Å²) in [6.07, 6.45) is 2.69. The van der Waals surface area contributed by atoms with E-state index >= 15 is 0 Å². The molecule has 1 aliphatic heterocycles. The summed E-state index contributed by atoms with van der Waals surface area (Å²) in [6.45, 7) is 5.11. The summed E-state index contributed by atoms with van der Waals surface area (Å²) in [7, 11) is 3.32. The molecule has 0 spiro atoms. The average Bonchev–Trinajstić information content (AvgIpc) is 3.21. The van der Waals surface area contributed by atoms with Gasteiger partial charge in [-0.3, -0.25) is 9.69 Å². The van der Waals surface area contributed by atoms with Crippen molar-refractivity contribution in [1.29, 1.82) is 0 Å². The lowest BCUT2D eigenvalue weighted by molar-refractivity contribution is -0.123. The lowest BCUT2D eigenvalue weighted by atomic mass is 9.99. The SMILES string of the molecule is COc1cc2c(cc1OC)CN(CCNC(=O)C(C)n1cnc3ccccc31)CC2. The number of nitrogens with zero attached hydrogens (tertiary/aromatic N) is 3. The molecular formula is C23H28N4O3. The molecule has 158 valence electrons. The molecule has 0 fully saturated rings. The Morgan fingerprint density at radius 2 is 1.90 bits per heavy atom. The van der Waals surface area contributed by atoms with Crippen LogP contribution in [0.25, 0.3) is 11.0 Å². The Labute approximate surface area is 176 Å². The molecule has 0 saturated carbocycles. The number of fused-ring (bicyclic) bond motifs is 2. The number of methoxy groups -OCH3 is 2. The van der Waals surface area contributed by atoms with Gasteiger partial charge in [-0.1, -0.05) is 12.1 Å². The monoisotopic (exact) mass is 408 g/mol. The third-order valence-corrected chi connectivity index (χ3v) is 5.80. The number of para-hydroxylation sites is 2. The van der Waals surface area contributed by atoms with Gasteiger partial charge in [0.15, 0.2) is 11.5 Å². The molecule has 7 nitrogen and oxygen atoms in total. The largest absolute Gasteiger partial charge is 0.493 e. The normalized spacial score (nSPS) is 14.9. The number of aromatic nitrogens is 2. The third kappa shape index (κ3) is 3.98. The van der Waals surface area contributed by atoms with Crippen molar-refractivity contribution in [3.63, 3.8) is 0 Å². The Morgan fingerprint density at radius 3 is 2.67 bits per heavy atom. The van der Waals surface area contributed by atoms with E-state index in [9.17, 15) is 4.79 Å². The van der Waals surface area contributed by atoms with Crippen molar-refractivity contribution >= 4 is 16.9 Å². The Bertz CT molecular complexity index is 1050. The van der Waals surface area contributed by atoms with Gasteiger partial charge < -0.3 is 19.4 Å². The minimum absolute atomic E-state index is 0.00182. The highest BCUT2D eigenvalue weighted by molar-refractivity contribution is 5.83. The highest BCUT2D eigenvalue weighted by Gasteiger charge is 2.20. The van der Waals surface area contributed by atoms with E-state index in [0.29, 0.717) is 6.54 Å². The first kappa shape index (κ1) is 20.2. The number of hydrogen-bond acceptors (Lipinski definition) is 5. The molecule has 1 aliphatic rings. The maximum atomic E-state index is 12.7. The van der Waals surface area contributed by atoms with Crippen LogP contribution in [-0.4, -0.2) is 54.2 Å². The van der Waals surface area contributed by atoms with Gasteiger partial charge in [0.05, 0.1) is 31.6 Å². The zero-order valence-electron chi connectivity index (χ0n) is 17.7. The van der Waals surface area contributed by atoms with Crippen LogP contribution >= 0.6 is 0 Å². The number of imidazole rings is 1.